The van der Waals surface area contributed by atoms with E-state index in [4.69, 9.17) is 0 Å². The van der Waals surface area contributed by atoms with Crippen molar-refractivity contribution in [2.75, 3.05) is 18.4 Å². The zero-order valence-corrected chi connectivity index (χ0v) is 18.3. The van der Waals surface area contributed by atoms with Gasteiger partial charge in [0, 0.05) is 54.6 Å². The summed E-state index contributed by atoms with van der Waals surface area (Å²) in [6, 6.07) is 14.9. The maximum Gasteiger partial charge on any atom is 0.253 e. The molecule has 0 radical (unpaired) electrons. The number of aromatic nitrogens is 3. The van der Waals surface area contributed by atoms with Crippen molar-refractivity contribution in [3.8, 4) is 11.3 Å². The highest BCUT2D eigenvalue weighted by Gasteiger charge is 2.14. The van der Waals surface area contributed by atoms with E-state index in [0.29, 0.717) is 5.56 Å². The van der Waals surface area contributed by atoms with Crippen LogP contribution in [0.2, 0.25) is 0 Å². The minimum Gasteiger partial charge on any atom is -0.352 e. The Balaban J connectivity index is 1.58. The largest absolute Gasteiger partial charge is 0.352 e. The minimum atomic E-state index is -0.149. The molecule has 1 amide bonds. The van der Waals surface area contributed by atoms with Gasteiger partial charge in [-0.05, 0) is 55.3 Å². The van der Waals surface area contributed by atoms with E-state index in [2.05, 4.69) is 29.1 Å². The molecule has 164 valence electrons. The lowest BCUT2D eigenvalue weighted by atomic mass is 10.1. The summed E-state index contributed by atoms with van der Waals surface area (Å²) in [5.74, 6) is 0.0677. The van der Waals surface area contributed by atoms with Gasteiger partial charge in [0.1, 0.15) is 0 Å². The molecule has 0 atom stereocenters. The van der Waals surface area contributed by atoms with Gasteiger partial charge in [0.05, 0.1) is 11.4 Å². The maximum absolute atomic E-state index is 12.8. The molecule has 7 nitrogen and oxygen atoms in total. The van der Waals surface area contributed by atoms with Crippen LogP contribution in [0, 0.1) is 0 Å². The van der Waals surface area contributed by atoms with Gasteiger partial charge in [0.2, 0.25) is 5.56 Å². The third-order valence-corrected chi connectivity index (χ3v) is 5.31. The van der Waals surface area contributed by atoms with Crippen molar-refractivity contribution in [3.63, 3.8) is 0 Å². The first kappa shape index (κ1) is 21.4. The Labute approximate surface area is 186 Å². The fraction of sp³-hybridized carbons (Fsp3) is 0.240. The molecule has 3 heterocycles. The predicted octanol–water partition coefficient (Wildman–Crippen LogP) is 4.70. The minimum absolute atomic E-state index is 0.0677. The number of nitrogens with one attached hydrogen (secondary N) is 2. The van der Waals surface area contributed by atoms with Crippen LogP contribution in [0.4, 0.5) is 11.4 Å². The molecule has 4 rings (SSSR count). The number of fused-ring (bicyclic) bond motifs is 1. The van der Waals surface area contributed by atoms with Crippen LogP contribution in [0.15, 0.2) is 71.9 Å². The SMILES string of the molecule is CCCN(CCC)C(=O)c1ccc(Nc2ccc(-c3cc[nH]c(=O)c3)n3ccnc23)cc1. The Morgan fingerprint density at radius 2 is 1.81 bits per heavy atom. The highest BCUT2D eigenvalue weighted by molar-refractivity contribution is 5.94. The van der Waals surface area contributed by atoms with Crippen LogP contribution in [-0.2, 0) is 0 Å². The van der Waals surface area contributed by atoms with Gasteiger partial charge in [-0.15, -0.1) is 0 Å². The molecular formula is C25H27N5O2. The van der Waals surface area contributed by atoms with E-state index >= 15 is 0 Å². The lowest BCUT2D eigenvalue weighted by Crippen LogP contribution is -2.32. The van der Waals surface area contributed by atoms with E-state index in [-0.39, 0.29) is 11.5 Å². The molecule has 0 fully saturated rings. The number of H-pyrrole nitrogens is 1. The molecular weight excluding hydrogens is 402 g/mol. The third-order valence-electron chi connectivity index (χ3n) is 5.31. The highest BCUT2D eigenvalue weighted by atomic mass is 16.2. The number of rotatable bonds is 8. The average Bonchev–Trinajstić information content (AvgIpc) is 3.30. The number of benzene rings is 1. The highest BCUT2D eigenvalue weighted by Crippen LogP contribution is 2.27. The second kappa shape index (κ2) is 9.51. The third kappa shape index (κ3) is 4.42. The number of pyridine rings is 2. The predicted molar refractivity (Wildman–Crippen MR) is 127 cm³/mol. The molecule has 0 aliphatic carbocycles. The summed E-state index contributed by atoms with van der Waals surface area (Å²) in [7, 11) is 0. The van der Waals surface area contributed by atoms with Crippen molar-refractivity contribution in [1.82, 2.24) is 19.3 Å². The first-order chi connectivity index (χ1) is 15.6. The normalized spacial score (nSPS) is 10.9. The van der Waals surface area contributed by atoms with Crippen molar-refractivity contribution >= 4 is 22.9 Å². The monoisotopic (exact) mass is 429 g/mol. The molecule has 0 unspecified atom stereocenters. The van der Waals surface area contributed by atoms with Crippen LogP contribution in [0.1, 0.15) is 37.0 Å². The molecule has 2 N–H and O–H groups in total. The summed E-state index contributed by atoms with van der Waals surface area (Å²) in [5.41, 5.74) is 4.68. The van der Waals surface area contributed by atoms with Gasteiger partial charge < -0.3 is 15.2 Å². The van der Waals surface area contributed by atoms with Gasteiger partial charge in [-0.1, -0.05) is 13.8 Å². The number of nitrogens with zero attached hydrogens (tertiary/aromatic N) is 3. The Kier molecular flexibility index (Phi) is 6.35. The first-order valence-electron chi connectivity index (χ1n) is 10.9. The van der Waals surface area contributed by atoms with Gasteiger partial charge >= 0.3 is 0 Å². The second-order valence-electron chi connectivity index (χ2n) is 7.69. The number of aromatic amines is 1. The van der Waals surface area contributed by atoms with Crippen molar-refractivity contribution in [2.45, 2.75) is 26.7 Å². The quantitative estimate of drug-likeness (QED) is 0.425. The lowest BCUT2D eigenvalue weighted by Gasteiger charge is -2.21. The van der Waals surface area contributed by atoms with Crippen LogP contribution in [0.25, 0.3) is 16.9 Å². The molecule has 0 spiro atoms. The molecule has 0 saturated carbocycles. The van der Waals surface area contributed by atoms with Crippen molar-refractivity contribution in [1.29, 1.82) is 0 Å². The van der Waals surface area contributed by atoms with E-state index in [1.54, 1.807) is 18.5 Å². The van der Waals surface area contributed by atoms with Gasteiger partial charge in [-0.3, -0.25) is 14.0 Å². The molecule has 0 bridgehead atoms. The van der Waals surface area contributed by atoms with Crippen molar-refractivity contribution in [3.05, 3.63) is 83.0 Å². The summed E-state index contributed by atoms with van der Waals surface area (Å²) in [6.07, 6.45) is 7.12. The lowest BCUT2D eigenvalue weighted by molar-refractivity contribution is 0.0755. The number of carbonyl (C=O) groups excluding carboxylic acids is 1. The van der Waals surface area contributed by atoms with Crippen LogP contribution in [-0.4, -0.2) is 38.3 Å². The molecule has 32 heavy (non-hydrogen) atoms. The smallest absolute Gasteiger partial charge is 0.253 e. The summed E-state index contributed by atoms with van der Waals surface area (Å²) in [5, 5.41) is 3.39. The van der Waals surface area contributed by atoms with Crippen molar-refractivity contribution < 1.29 is 4.79 Å². The second-order valence-corrected chi connectivity index (χ2v) is 7.69. The average molecular weight is 430 g/mol. The van der Waals surface area contributed by atoms with Crippen molar-refractivity contribution in [2.24, 2.45) is 0 Å². The number of anilines is 2. The molecule has 0 aliphatic rings. The van der Waals surface area contributed by atoms with E-state index in [1.807, 2.05) is 58.0 Å². The Morgan fingerprint density at radius 3 is 2.50 bits per heavy atom. The fourth-order valence-electron chi connectivity index (χ4n) is 3.84. The number of imidazole rings is 1. The number of hydrogen-bond donors (Lipinski definition) is 2. The summed E-state index contributed by atoms with van der Waals surface area (Å²) in [4.78, 5) is 33.5. The molecule has 7 heteroatoms. The van der Waals surface area contributed by atoms with Gasteiger partial charge in [-0.2, -0.15) is 0 Å². The van der Waals surface area contributed by atoms with E-state index < -0.39 is 0 Å². The maximum atomic E-state index is 12.8. The summed E-state index contributed by atoms with van der Waals surface area (Å²) in [6.45, 7) is 5.70. The topological polar surface area (TPSA) is 82.5 Å². The van der Waals surface area contributed by atoms with Crippen LogP contribution in [0.5, 0.6) is 0 Å². The van der Waals surface area contributed by atoms with E-state index in [9.17, 15) is 9.59 Å². The number of hydrogen-bond acceptors (Lipinski definition) is 4. The number of amides is 1. The zero-order valence-electron chi connectivity index (χ0n) is 18.3. The van der Waals surface area contributed by atoms with Crippen LogP contribution < -0.4 is 10.9 Å². The molecule has 0 aliphatic heterocycles. The molecule has 1 aromatic carbocycles. The molecule has 3 aromatic heterocycles. The Bertz CT molecular complexity index is 1270. The summed E-state index contributed by atoms with van der Waals surface area (Å²) >= 11 is 0. The van der Waals surface area contributed by atoms with Gasteiger partial charge in [0.25, 0.3) is 5.91 Å². The first-order valence-corrected chi connectivity index (χ1v) is 10.9. The van der Waals surface area contributed by atoms with Gasteiger partial charge in [-0.25, -0.2) is 4.98 Å². The van der Waals surface area contributed by atoms with Crippen LogP contribution >= 0.6 is 0 Å². The Hall–Kier alpha value is -3.87. The Morgan fingerprint density at radius 1 is 1.06 bits per heavy atom. The standard InChI is InChI=1S/C25H27N5O2/c1-3-14-29(15-4-2)25(32)18-5-7-20(8-6-18)28-21-9-10-22(30-16-13-27-24(21)30)19-11-12-26-23(31)17-19/h5-13,16-17,28H,3-4,14-15H2,1-2H3,(H,26,31). The molecule has 0 saturated heterocycles. The van der Waals surface area contributed by atoms with E-state index in [1.165, 1.54) is 0 Å². The van der Waals surface area contributed by atoms with Gasteiger partial charge in [0.15, 0.2) is 5.65 Å². The number of carbonyl (C=O) groups is 1. The van der Waals surface area contributed by atoms with Crippen LogP contribution in [0.3, 0.4) is 0 Å². The summed E-state index contributed by atoms with van der Waals surface area (Å²) < 4.78 is 1.95. The molecule has 4 aromatic rings. The zero-order chi connectivity index (χ0) is 22.5. The van der Waals surface area contributed by atoms with E-state index in [0.717, 1.165) is 54.2 Å². The fourth-order valence-corrected chi connectivity index (χ4v) is 3.84.